The average molecular weight is 496 g/mol. The number of alkyl halides is 3. The molecule has 10 heteroatoms. The fourth-order valence-electron chi connectivity index (χ4n) is 4.21. The largest absolute Gasteiger partial charge is 0.488 e. The molecule has 3 rings (SSSR count). The molecule has 2 atom stereocenters. The number of fused-ring (bicyclic) bond motifs is 1. The Labute approximate surface area is 203 Å². The number of ether oxygens (including phenoxy) is 2. The average Bonchev–Trinajstić information content (AvgIpc) is 3.23. The highest BCUT2D eigenvalue weighted by Crippen LogP contribution is 2.33. The molecule has 192 valence electrons. The Morgan fingerprint density at radius 2 is 1.97 bits per heavy atom. The number of primary amides is 1. The lowest BCUT2D eigenvalue weighted by atomic mass is 9.98. The standard InChI is InChI=1S/C25H32F3N3O4/c1-16(30-8-12-34-20-5-2-3-6-21(20)35-24(28)23(26)27)13-17-14-18-7-10-31(9-4-11-32)22(18)19(15-17)25(29)33/h2-3,5-6,14-16,23-24,30,32H,4,7-13H2,1H3,(H2,29,33)/t16-,24?/m1/s1. The Balaban J connectivity index is 1.54. The molecule has 1 unspecified atom stereocenters. The van der Waals surface area contributed by atoms with Crippen LogP contribution >= 0.6 is 0 Å². The van der Waals surface area contributed by atoms with Gasteiger partial charge in [0.2, 0.25) is 0 Å². The van der Waals surface area contributed by atoms with E-state index in [0.29, 0.717) is 31.5 Å². The van der Waals surface area contributed by atoms with Crippen molar-refractivity contribution in [2.75, 3.05) is 37.7 Å². The molecule has 35 heavy (non-hydrogen) atoms. The van der Waals surface area contributed by atoms with Crippen LogP contribution in [-0.2, 0) is 12.8 Å². The molecule has 1 aliphatic rings. The van der Waals surface area contributed by atoms with Gasteiger partial charge in [0.15, 0.2) is 11.5 Å². The van der Waals surface area contributed by atoms with E-state index in [-0.39, 0.29) is 30.8 Å². The molecule has 1 heterocycles. The zero-order chi connectivity index (χ0) is 25.4. The summed E-state index contributed by atoms with van der Waals surface area (Å²) in [5.41, 5.74) is 9.10. The van der Waals surface area contributed by atoms with Crippen LogP contribution in [0.4, 0.5) is 18.9 Å². The van der Waals surface area contributed by atoms with E-state index in [0.717, 1.165) is 29.8 Å². The van der Waals surface area contributed by atoms with Gasteiger partial charge in [0.05, 0.1) is 11.3 Å². The van der Waals surface area contributed by atoms with Gasteiger partial charge in [-0.05, 0) is 55.5 Å². The smallest absolute Gasteiger partial charge is 0.304 e. The molecule has 0 aromatic heterocycles. The second kappa shape index (κ2) is 12.6. The molecule has 4 N–H and O–H groups in total. The molecule has 0 fully saturated rings. The number of benzene rings is 2. The highest BCUT2D eigenvalue weighted by atomic mass is 19.3. The predicted molar refractivity (Wildman–Crippen MR) is 127 cm³/mol. The predicted octanol–water partition coefficient (Wildman–Crippen LogP) is 3.07. The number of hydrogen-bond donors (Lipinski definition) is 3. The lowest BCUT2D eigenvalue weighted by Crippen LogP contribution is -2.32. The van der Waals surface area contributed by atoms with Gasteiger partial charge in [-0.1, -0.05) is 18.2 Å². The first kappa shape index (κ1) is 26.6. The number of halogens is 3. The fraction of sp³-hybridized carbons (Fsp3) is 0.480. The number of para-hydroxylation sites is 2. The third kappa shape index (κ3) is 7.25. The molecule has 0 radical (unpaired) electrons. The summed E-state index contributed by atoms with van der Waals surface area (Å²) in [6.07, 6.45) is -3.88. The van der Waals surface area contributed by atoms with Gasteiger partial charge >= 0.3 is 6.43 Å². The second-order valence-corrected chi connectivity index (χ2v) is 8.49. The summed E-state index contributed by atoms with van der Waals surface area (Å²) in [7, 11) is 0. The molecule has 0 saturated heterocycles. The van der Waals surface area contributed by atoms with Crippen LogP contribution in [0.3, 0.4) is 0 Å². The van der Waals surface area contributed by atoms with E-state index in [2.05, 4.69) is 21.0 Å². The molecule has 1 amide bonds. The Hall–Kier alpha value is -2.98. The van der Waals surface area contributed by atoms with Crippen molar-refractivity contribution in [1.82, 2.24) is 5.32 Å². The van der Waals surface area contributed by atoms with Gasteiger partial charge in [-0.3, -0.25) is 4.79 Å². The number of carbonyl (C=O) groups excluding carboxylic acids is 1. The van der Waals surface area contributed by atoms with Crippen molar-refractivity contribution in [3.8, 4) is 11.5 Å². The Morgan fingerprint density at radius 1 is 1.23 bits per heavy atom. The molecule has 1 aliphatic heterocycles. The normalized spacial score (nSPS) is 14.6. The van der Waals surface area contributed by atoms with E-state index in [4.69, 9.17) is 15.6 Å². The molecule has 0 bridgehead atoms. The van der Waals surface area contributed by atoms with E-state index in [1.807, 2.05) is 13.0 Å². The minimum atomic E-state index is -3.25. The number of hydrogen-bond acceptors (Lipinski definition) is 6. The minimum Gasteiger partial charge on any atom is -0.488 e. The summed E-state index contributed by atoms with van der Waals surface area (Å²) in [4.78, 5) is 14.2. The number of aliphatic hydroxyl groups is 1. The molecular formula is C25H32F3N3O4. The van der Waals surface area contributed by atoms with E-state index in [1.165, 1.54) is 12.1 Å². The van der Waals surface area contributed by atoms with Crippen molar-refractivity contribution in [3.05, 3.63) is 53.1 Å². The molecule has 0 aliphatic carbocycles. The van der Waals surface area contributed by atoms with Crippen LogP contribution in [-0.4, -0.2) is 62.7 Å². The number of nitrogens with zero attached hydrogens (tertiary/aromatic N) is 1. The van der Waals surface area contributed by atoms with Crippen LogP contribution in [0.5, 0.6) is 11.5 Å². The van der Waals surface area contributed by atoms with Crippen LogP contribution in [0.2, 0.25) is 0 Å². The van der Waals surface area contributed by atoms with Crippen molar-refractivity contribution in [3.63, 3.8) is 0 Å². The van der Waals surface area contributed by atoms with Gasteiger partial charge < -0.3 is 30.5 Å². The number of anilines is 1. The molecule has 2 aromatic carbocycles. The number of nitrogens with one attached hydrogen (secondary N) is 1. The van der Waals surface area contributed by atoms with Crippen LogP contribution in [0, 0.1) is 0 Å². The first-order valence-electron chi connectivity index (χ1n) is 11.7. The topological polar surface area (TPSA) is 97.1 Å². The summed E-state index contributed by atoms with van der Waals surface area (Å²) in [6.45, 7) is 4.21. The first-order valence-corrected chi connectivity index (χ1v) is 11.7. The molecule has 0 spiro atoms. The number of nitrogens with two attached hydrogens (primary N) is 1. The quantitative estimate of drug-likeness (QED) is 0.349. The SMILES string of the molecule is C[C@H](Cc1cc2c(c(C(N)=O)c1)N(CCCO)CC2)NCCOc1ccccc1OC(F)C(F)F. The van der Waals surface area contributed by atoms with Gasteiger partial charge in [0.1, 0.15) is 6.61 Å². The third-order valence-electron chi connectivity index (χ3n) is 5.75. The van der Waals surface area contributed by atoms with Gasteiger partial charge in [0.25, 0.3) is 12.3 Å². The van der Waals surface area contributed by atoms with Crippen molar-refractivity contribution >= 4 is 11.6 Å². The summed E-state index contributed by atoms with van der Waals surface area (Å²) >= 11 is 0. The Morgan fingerprint density at radius 3 is 2.66 bits per heavy atom. The summed E-state index contributed by atoms with van der Waals surface area (Å²) in [5.74, 6) is -0.379. The maximum atomic E-state index is 13.2. The highest BCUT2D eigenvalue weighted by Gasteiger charge is 2.25. The number of carbonyl (C=O) groups is 1. The third-order valence-corrected chi connectivity index (χ3v) is 5.75. The molecule has 0 saturated carbocycles. The monoisotopic (exact) mass is 495 g/mol. The Kier molecular flexibility index (Phi) is 9.62. The van der Waals surface area contributed by atoms with Gasteiger partial charge in [-0.15, -0.1) is 0 Å². The Bertz CT molecular complexity index is 992. The maximum Gasteiger partial charge on any atom is 0.304 e. The maximum absolute atomic E-state index is 13.2. The second-order valence-electron chi connectivity index (χ2n) is 8.49. The van der Waals surface area contributed by atoms with Crippen molar-refractivity contribution in [2.24, 2.45) is 5.73 Å². The van der Waals surface area contributed by atoms with Gasteiger partial charge in [0, 0.05) is 32.3 Å². The van der Waals surface area contributed by atoms with Gasteiger partial charge in [-0.2, -0.15) is 4.39 Å². The fourth-order valence-corrected chi connectivity index (χ4v) is 4.21. The first-order chi connectivity index (χ1) is 16.8. The van der Waals surface area contributed by atoms with Gasteiger partial charge in [-0.25, -0.2) is 8.78 Å². The zero-order valence-corrected chi connectivity index (χ0v) is 19.7. The lowest BCUT2D eigenvalue weighted by Gasteiger charge is -2.22. The van der Waals surface area contributed by atoms with Crippen molar-refractivity contribution < 1.29 is 32.5 Å². The van der Waals surface area contributed by atoms with E-state index in [9.17, 15) is 18.0 Å². The number of amides is 1. The van der Waals surface area contributed by atoms with E-state index >= 15 is 0 Å². The molecular weight excluding hydrogens is 463 g/mol. The van der Waals surface area contributed by atoms with Crippen LogP contribution in [0.25, 0.3) is 0 Å². The van der Waals surface area contributed by atoms with Crippen molar-refractivity contribution in [2.45, 2.75) is 45.0 Å². The molecule has 2 aromatic rings. The lowest BCUT2D eigenvalue weighted by molar-refractivity contribution is -0.0679. The highest BCUT2D eigenvalue weighted by molar-refractivity contribution is 6.00. The number of aliphatic hydroxyl groups excluding tert-OH is 1. The summed E-state index contributed by atoms with van der Waals surface area (Å²) in [5, 5.41) is 12.5. The zero-order valence-electron chi connectivity index (χ0n) is 19.7. The summed E-state index contributed by atoms with van der Waals surface area (Å²) in [6, 6.07) is 10.1. The molecule has 7 nitrogen and oxygen atoms in total. The minimum absolute atomic E-state index is 0.0461. The van der Waals surface area contributed by atoms with Crippen LogP contribution in [0.15, 0.2) is 36.4 Å². The van der Waals surface area contributed by atoms with Crippen molar-refractivity contribution in [1.29, 1.82) is 0 Å². The van der Waals surface area contributed by atoms with E-state index in [1.54, 1.807) is 12.1 Å². The van der Waals surface area contributed by atoms with Crippen LogP contribution < -0.4 is 25.4 Å². The number of rotatable bonds is 14. The summed E-state index contributed by atoms with van der Waals surface area (Å²) < 4.78 is 48.4. The van der Waals surface area contributed by atoms with E-state index < -0.39 is 18.7 Å². The van der Waals surface area contributed by atoms with Crippen LogP contribution in [0.1, 0.15) is 34.8 Å².